The first-order valence-corrected chi connectivity index (χ1v) is 8.68. The third-order valence-corrected chi connectivity index (χ3v) is 4.89. The first kappa shape index (κ1) is 22.6. The van der Waals surface area contributed by atoms with Crippen molar-refractivity contribution in [1.29, 1.82) is 31.6 Å². The first-order valence-electron chi connectivity index (χ1n) is 8.68. The van der Waals surface area contributed by atoms with E-state index in [0.29, 0.717) is 0 Å². The molecule has 2 aromatic rings. The highest BCUT2D eigenvalue weighted by Gasteiger charge is 2.57. The summed E-state index contributed by atoms with van der Waals surface area (Å²) >= 11 is 0. The highest BCUT2D eigenvalue weighted by atomic mass is 14.6. The molecule has 0 saturated carbocycles. The average Bonchev–Trinajstić information content (AvgIpc) is 2.85. The SMILES string of the molecule is N#CC(=C=[N-])c1ccc(C(C#N)(C#N)C(C#N)(C#N)c2ccc(C(=C=[N-])C#N)cc2)cc1. The van der Waals surface area contributed by atoms with Gasteiger partial charge in [-0.1, -0.05) is 48.5 Å². The van der Waals surface area contributed by atoms with Gasteiger partial charge >= 0.3 is 0 Å². The van der Waals surface area contributed by atoms with Crippen LogP contribution in [-0.4, -0.2) is 11.7 Å². The minimum Gasteiger partial charge on any atom is -0.762 e. The predicted molar refractivity (Wildman–Crippen MR) is 113 cm³/mol. The molecule has 0 amide bonds. The van der Waals surface area contributed by atoms with E-state index < -0.39 is 10.8 Å². The van der Waals surface area contributed by atoms with Gasteiger partial charge in [0.25, 0.3) is 0 Å². The van der Waals surface area contributed by atoms with Crippen LogP contribution in [0.15, 0.2) is 48.5 Å². The molecule has 0 atom stereocenters. The van der Waals surface area contributed by atoms with E-state index in [9.17, 15) is 21.0 Å². The molecule has 2 rings (SSSR count). The zero-order valence-corrected chi connectivity index (χ0v) is 16.2. The van der Waals surface area contributed by atoms with Crippen molar-refractivity contribution in [3.63, 3.8) is 0 Å². The first-order chi connectivity index (χ1) is 15.5. The third-order valence-electron chi connectivity index (χ3n) is 4.89. The van der Waals surface area contributed by atoms with Gasteiger partial charge < -0.3 is 10.8 Å². The van der Waals surface area contributed by atoms with Crippen molar-refractivity contribution in [2.24, 2.45) is 0 Å². The summed E-state index contributed by atoms with van der Waals surface area (Å²) in [5.41, 5.74) is -4.35. The van der Waals surface area contributed by atoms with E-state index in [4.69, 9.17) is 21.3 Å². The molecule has 0 N–H and O–H groups in total. The lowest BCUT2D eigenvalue weighted by molar-refractivity contribution is 0.524. The number of hydrogen-bond acceptors (Lipinski definition) is 6. The van der Waals surface area contributed by atoms with Crippen molar-refractivity contribution in [3.8, 4) is 36.4 Å². The molecule has 0 bridgehead atoms. The number of rotatable bonds is 5. The van der Waals surface area contributed by atoms with Crippen LogP contribution in [0, 0.1) is 68.0 Å². The second-order valence-corrected chi connectivity index (χ2v) is 6.30. The zero-order chi connectivity index (χ0) is 23.8. The van der Waals surface area contributed by atoms with Crippen molar-refractivity contribution >= 4 is 22.9 Å². The molecule has 0 saturated heterocycles. The van der Waals surface area contributed by atoms with Gasteiger partial charge in [0.1, 0.15) is 12.1 Å². The Morgan fingerprint density at radius 2 is 0.812 bits per heavy atom. The average molecular weight is 408 g/mol. The van der Waals surface area contributed by atoms with Crippen LogP contribution >= 0.6 is 0 Å². The van der Waals surface area contributed by atoms with Gasteiger partial charge in [0.2, 0.25) is 10.8 Å². The molecule has 0 radical (unpaired) electrons. The molecule has 0 aliphatic heterocycles. The topological polar surface area (TPSA) is 187 Å². The van der Waals surface area contributed by atoms with E-state index in [1.807, 2.05) is 0 Å². The maximum atomic E-state index is 10.0. The Labute approximate surface area is 183 Å². The Morgan fingerprint density at radius 1 is 0.531 bits per heavy atom. The summed E-state index contributed by atoms with van der Waals surface area (Å²) in [6.07, 6.45) is 0. The fourth-order valence-corrected chi connectivity index (χ4v) is 3.16. The van der Waals surface area contributed by atoms with Crippen LogP contribution < -0.4 is 0 Å². The van der Waals surface area contributed by atoms with Crippen LogP contribution in [0.1, 0.15) is 22.3 Å². The Morgan fingerprint density at radius 3 is 1.00 bits per heavy atom. The second-order valence-electron chi connectivity index (χ2n) is 6.30. The summed E-state index contributed by atoms with van der Waals surface area (Å²) in [6.45, 7) is 0. The number of allylic oxidation sites excluding steroid dienone is 2. The monoisotopic (exact) mass is 408 g/mol. The number of benzene rings is 2. The van der Waals surface area contributed by atoms with Gasteiger partial charge in [-0.15, -0.1) is 0 Å². The molecule has 8 nitrogen and oxygen atoms in total. The van der Waals surface area contributed by atoms with Gasteiger partial charge in [-0.2, -0.15) is 31.6 Å². The van der Waals surface area contributed by atoms with Crippen molar-refractivity contribution in [2.75, 3.05) is 0 Å². The van der Waals surface area contributed by atoms with E-state index >= 15 is 0 Å². The van der Waals surface area contributed by atoms with E-state index in [2.05, 4.69) is 0 Å². The molecular weight excluding hydrogens is 400 g/mol. The zero-order valence-electron chi connectivity index (χ0n) is 16.2. The van der Waals surface area contributed by atoms with Crippen LogP contribution in [0.25, 0.3) is 22.0 Å². The lowest BCUT2D eigenvalue weighted by Crippen LogP contribution is -2.45. The highest BCUT2D eigenvalue weighted by Crippen LogP contribution is 2.44. The number of hydrogen-bond donors (Lipinski definition) is 0. The number of nitriles is 6. The molecule has 146 valence electrons. The quantitative estimate of drug-likeness (QED) is 0.539. The number of nitrogens with zero attached hydrogens (tertiary/aromatic N) is 8. The molecule has 0 heterocycles. The summed E-state index contributed by atoms with van der Waals surface area (Å²) in [5, 5.41) is 76.1. The third kappa shape index (κ3) is 3.29. The normalized spacial score (nSPS) is 9.69. The Hall–Kier alpha value is -5.72. The molecule has 0 aliphatic rings. The standard InChI is InChI=1S/C24H8N8/c25-9-19(10-26)17-1-5-21(6-2-17)23(13-29,14-30)24(15-31,16-32)22-7-3-18(4-8-22)20(11-27)12-28/h1-8H/q-2. The molecule has 0 unspecified atom stereocenters. The summed E-state index contributed by atoms with van der Waals surface area (Å²) in [6, 6.07) is 21.3. The van der Waals surface area contributed by atoms with Gasteiger partial charge in [-0.3, -0.25) is 0 Å². The Kier molecular flexibility index (Phi) is 6.48. The van der Waals surface area contributed by atoms with Crippen LogP contribution in [0.5, 0.6) is 0 Å². The summed E-state index contributed by atoms with van der Waals surface area (Å²) in [4.78, 5) is 0. The van der Waals surface area contributed by atoms with Crippen molar-refractivity contribution < 1.29 is 0 Å². The fourth-order valence-electron chi connectivity index (χ4n) is 3.16. The van der Waals surface area contributed by atoms with E-state index in [-0.39, 0.29) is 33.4 Å². The molecular formula is C24H8N8-2. The van der Waals surface area contributed by atoms with Gasteiger partial charge in [0.05, 0.1) is 35.4 Å². The fraction of sp³-hybridized carbons (Fsp3) is 0.0833. The van der Waals surface area contributed by atoms with E-state index in [0.717, 1.165) is 0 Å². The molecule has 0 spiro atoms. The van der Waals surface area contributed by atoms with E-state index in [1.165, 1.54) is 48.5 Å². The highest BCUT2D eigenvalue weighted by molar-refractivity contribution is 5.99. The maximum absolute atomic E-state index is 10.0. The second kappa shape index (κ2) is 9.19. The van der Waals surface area contributed by atoms with Gasteiger partial charge in [0, 0.05) is 0 Å². The van der Waals surface area contributed by atoms with Gasteiger partial charge in [0.15, 0.2) is 0 Å². The predicted octanol–water partition coefficient (Wildman–Crippen LogP) is 3.25. The lowest BCUT2D eigenvalue weighted by Gasteiger charge is -2.32. The molecule has 0 aliphatic carbocycles. The Balaban J connectivity index is 2.79. The van der Waals surface area contributed by atoms with Gasteiger partial charge in [-0.05, 0) is 22.3 Å². The molecule has 0 fully saturated rings. The largest absolute Gasteiger partial charge is 0.762 e. The summed E-state index contributed by atoms with van der Waals surface area (Å²) < 4.78 is 0. The molecule has 0 aromatic heterocycles. The smallest absolute Gasteiger partial charge is 0.204 e. The van der Waals surface area contributed by atoms with E-state index in [1.54, 1.807) is 48.2 Å². The van der Waals surface area contributed by atoms with Crippen molar-refractivity contribution in [1.82, 2.24) is 0 Å². The van der Waals surface area contributed by atoms with Crippen molar-refractivity contribution in [3.05, 3.63) is 81.6 Å². The van der Waals surface area contributed by atoms with Crippen LogP contribution in [0.2, 0.25) is 0 Å². The molecule has 8 heteroatoms. The van der Waals surface area contributed by atoms with Crippen LogP contribution in [0.4, 0.5) is 0 Å². The summed E-state index contributed by atoms with van der Waals surface area (Å²) in [7, 11) is 0. The van der Waals surface area contributed by atoms with Crippen LogP contribution in [0.3, 0.4) is 0 Å². The maximum Gasteiger partial charge on any atom is 0.204 e. The molecule has 32 heavy (non-hydrogen) atoms. The minimum absolute atomic E-state index is 0.0231. The van der Waals surface area contributed by atoms with Gasteiger partial charge in [-0.25, -0.2) is 11.7 Å². The Bertz CT molecular complexity index is 1280. The lowest BCUT2D eigenvalue weighted by atomic mass is 9.59. The minimum atomic E-state index is -2.27. The van der Waals surface area contributed by atoms with Crippen molar-refractivity contribution in [2.45, 2.75) is 10.8 Å². The molecule has 2 aromatic carbocycles. The summed E-state index contributed by atoms with van der Waals surface area (Å²) in [5.74, 6) is 3.46. The van der Waals surface area contributed by atoms with Crippen LogP contribution in [-0.2, 0) is 10.8 Å².